The maximum absolute atomic E-state index is 6.76. The Morgan fingerprint density at radius 3 is 2.56 bits per heavy atom. The predicted molar refractivity (Wildman–Crippen MR) is 176 cm³/mol. The molecule has 0 atom stereocenters. The summed E-state index contributed by atoms with van der Waals surface area (Å²) in [5, 5.41) is 0.991. The largest absolute Gasteiger partial charge is 0.412 e. The second-order valence-electron chi connectivity index (χ2n) is 13.1. The molecule has 3 heterocycles. The third-order valence-electron chi connectivity index (χ3n) is 9.26. The molecule has 1 saturated carbocycles. The highest BCUT2D eigenvalue weighted by Crippen LogP contribution is 2.46. The van der Waals surface area contributed by atoms with E-state index >= 15 is 0 Å². The minimum Gasteiger partial charge on any atom is -0.412 e. The quantitative estimate of drug-likeness (QED) is 0.188. The summed E-state index contributed by atoms with van der Waals surface area (Å²) in [5.41, 5.74) is 7.44. The zero-order chi connectivity index (χ0) is 28.8. The highest BCUT2D eigenvalue weighted by atomic mass is 35.5. The summed E-state index contributed by atoms with van der Waals surface area (Å²) in [6.07, 6.45) is 6.60. The van der Waals surface area contributed by atoms with E-state index in [-0.39, 0.29) is 5.04 Å². The molecule has 4 aromatic rings. The zero-order valence-electron chi connectivity index (χ0n) is 24.9. The van der Waals surface area contributed by atoms with Gasteiger partial charge in [0, 0.05) is 45.5 Å². The van der Waals surface area contributed by atoms with Crippen LogP contribution in [0.25, 0.3) is 21.3 Å². The molecule has 6 rings (SSSR count). The van der Waals surface area contributed by atoms with Crippen molar-refractivity contribution in [3.63, 3.8) is 0 Å². The van der Waals surface area contributed by atoms with Crippen molar-refractivity contribution in [2.24, 2.45) is 0 Å². The van der Waals surface area contributed by atoms with Crippen LogP contribution < -0.4 is 4.90 Å². The number of hydrogen-bond donors (Lipinski definition) is 0. The van der Waals surface area contributed by atoms with Gasteiger partial charge in [0.1, 0.15) is 0 Å². The lowest BCUT2D eigenvalue weighted by atomic mass is 9.84. The Balaban J connectivity index is 1.26. The molecule has 0 N–H and O–H groups in total. The zero-order valence-corrected chi connectivity index (χ0v) is 27.4. The molecule has 41 heavy (non-hydrogen) atoms. The van der Waals surface area contributed by atoms with Crippen LogP contribution in [0.5, 0.6) is 0 Å². The molecule has 2 aromatic heterocycles. The molecule has 1 aliphatic heterocycles. The van der Waals surface area contributed by atoms with Crippen LogP contribution in [0.3, 0.4) is 0 Å². The number of ether oxygens (including phenoxy) is 1. The first-order valence-corrected chi connectivity index (χ1v) is 19.0. The van der Waals surface area contributed by atoms with Gasteiger partial charge in [0.2, 0.25) is 0 Å². The Bertz CT molecular complexity index is 1530. The lowest BCUT2D eigenvalue weighted by Crippen LogP contribution is -2.50. The van der Waals surface area contributed by atoms with Gasteiger partial charge in [-0.15, -0.1) is 11.3 Å². The molecular weight excluding hydrogens is 564 g/mol. The number of aryl methyl sites for hydroxylation is 1. The number of hydrogen-bond acceptors (Lipinski definition) is 5. The van der Waals surface area contributed by atoms with Gasteiger partial charge in [0.15, 0.2) is 8.32 Å². The van der Waals surface area contributed by atoms with E-state index in [9.17, 15) is 0 Å². The maximum atomic E-state index is 6.76. The van der Waals surface area contributed by atoms with Crippen molar-refractivity contribution in [2.75, 3.05) is 11.4 Å². The lowest BCUT2D eigenvalue weighted by Gasteiger charge is -2.47. The van der Waals surface area contributed by atoms with Crippen molar-refractivity contribution in [3.8, 4) is 11.1 Å². The Labute approximate surface area is 254 Å². The van der Waals surface area contributed by atoms with Crippen LogP contribution >= 0.6 is 22.9 Å². The predicted octanol–water partition coefficient (Wildman–Crippen LogP) is 9.64. The van der Waals surface area contributed by atoms with E-state index < -0.39 is 8.32 Å². The van der Waals surface area contributed by atoms with Gasteiger partial charge in [-0.3, -0.25) is 4.98 Å². The van der Waals surface area contributed by atoms with Crippen molar-refractivity contribution in [1.82, 2.24) is 4.98 Å². The van der Waals surface area contributed by atoms with Crippen molar-refractivity contribution in [3.05, 3.63) is 81.8 Å². The molecule has 0 radical (unpaired) electrons. The molecule has 0 bridgehead atoms. The van der Waals surface area contributed by atoms with Crippen LogP contribution in [0, 0.1) is 0 Å². The molecule has 0 spiro atoms. The van der Waals surface area contributed by atoms with Gasteiger partial charge < -0.3 is 14.1 Å². The smallest absolute Gasteiger partial charge is 0.192 e. The summed E-state index contributed by atoms with van der Waals surface area (Å²) in [6, 6.07) is 19.7. The first kappa shape index (κ1) is 28.9. The standard InChI is InChI=1S/C34H41ClN2O2SSi/c1-34(2,3)41(4,5)39-22-28-20-31-33(40-28)29(13-14-36-31)30-17-25(35)16-24-12-9-15-37(32(24)30)26-18-27(19-26)38-21-23-10-7-6-8-11-23/h6-8,10-11,13-14,16-17,20,26-27H,9,12,15,18-19,21-22H2,1-5H3. The number of halogens is 1. The van der Waals surface area contributed by atoms with Crippen molar-refractivity contribution >= 4 is 47.2 Å². The molecule has 216 valence electrons. The fourth-order valence-corrected chi connectivity index (χ4v) is 8.11. The second-order valence-corrected chi connectivity index (χ2v) is 19.5. The Morgan fingerprint density at radius 2 is 1.80 bits per heavy atom. The van der Waals surface area contributed by atoms with E-state index in [1.165, 1.54) is 37.5 Å². The monoisotopic (exact) mass is 604 g/mol. The van der Waals surface area contributed by atoms with E-state index in [2.05, 4.69) is 93.4 Å². The van der Waals surface area contributed by atoms with Crippen LogP contribution in [-0.4, -0.2) is 32.0 Å². The normalized spacial score (nSPS) is 19.3. The number of anilines is 1. The van der Waals surface area contributed by atoms with E-state index in [4.69, 9.17) is 25.7 Å². The second kappa shape index (κ2) is 11.5. The molecule has 0 saturated heterocycles. The first-order valence-electron chi connectivity index (χ1n) is 14.9. The van der Waals surface area contributed by atoms with Crippen LogP contribution in [0.2, 0.25) is 23.2 Å². The number of thiophene rings is 1. The number of fused-ring (bicyclic) bond motifs is 2. The summed E-state index contributed by atoms with van der Waals surface area (Å²) < 4.78 is 14.1. The topological polar surface area (TPSA) is 34.6 Å². The van der Waals surface area contributed by atoms with Crippen LogP contribution in [0.15, 0.2) is 60.8 Å². The molecule has 0 amide bonds. The van der Waals surface area contributed by atoms with Gasteiger partial charge in [-0.05, 0) is 79.2 Å². The van der Waals surface area contributed by atoms with Crippen molar-refractivity contribution in [2.45, 2.75) is 89.9 Å². The van der Waals surface area contributed by atoms with E-state index in [1.54, 1.807) is 0 Å². The average Bonchev–Trinajstić information content (AvgIpc) is 3.34. The minimum atomic E-state index is -1.84. The van der Waals surface area contributed by atoms with Crippen molar-refractivity contribution in [1.29, 1.82) is 0 Å². The lowest BCUT2D eigenvalue weighted by molar-refractivity contribution is -0.0207. The van der Waals surface area contributed by atoms with Crippen molar-refractivity contribution < 1.29 is 9.16 Å². The van der Waals surface area contributed by atoms with E-state index in [0.717, 1.165) is 42.8 Å². The highest BCUT2D eigenvalue weighted by molar-refractivity contribution is 7.19. The molecular formula is C34H41ClN2O2SSi. The highest BCUT2D eigenvalue weighted by Gasteiger charge is 2.38. The summed E-state index contributed by atoms with van der Waals surface area (Å²) in [5.74, 6) is 0. The van der Waals surface area contributed by atoms with Gasteiger partial charge >= 0.3 is 0 Å². The molecule has 2 aliphatic rings. The third-order valence-corrected chi connectivity index (χ3v) is 15.1. The van der Waals surface area contributed by atoms with E-state index in [0.29, 0.717) is 25.4 Å². The number of pyridine rings is 1. The number of aromatic nitrogens is 1. The Kier molecular flexibility index (Phi) is 8.07. The SMILES string of the molecule is CC(C)(C)[Si](C)(C)OCc1cc2nccc(-c3cc(Cl)cc4c3N(C3CC(OCc5ccccc5)C3)CCC4)c2s1. The van der Waals surface area contributed by atoms with Crippen LogP contribution in [0.1, 0.15) is 56.0 Å². The van der Waals surface area contributed by atoms with Gasteiger partial charge in [-0.1, -0.05) is 62.7 Å². The van der Waals surface area contributed by atoms with Crippen LogP contribution in [0.4, 0.5) is 5.69 Å². The van der Waals surface area contributed by atoms with Gasteiger partial charge in [-0.2, -0.15) is 0 Å². The van der Waals surface area contributed by atoms with Gasteiger partial charge in [0.05, 0.1) is 29.5 Å². The minimum absolute atomic E-state index is 0.184. The summed E-state index contributed by atoms with van der Waals surface area (Å²) >= 11 is 8.58. The molecule has 7 heteroatoms. The Morgan fingerprint density at radius 1 is 1.02 bits per heavy atom. The number of benzene rings is 2. The maximum Gasteiger partial charge on any atom is 0.192 e. The van der Waals surface area contributed by atoms with Crippen LogP contribution in [-0.2, 0) is 28.8 Å². The fourth-order valence-electron chi connectivity index (χ4n) is 5.76. The summed E-state index contributed by atoms with van der Waals surface area (Å²) in [4.78, 5) is 8.63. The molecule has 1 fully saturated rings. The molecule has 1 aliphatic carbocycles. The molecule has 2 aromatic carbocycles. The van der Waals surface area contributed by atoms with E-state index in [1.807, 2.05) is 17.5 Å². The number of nitrogens with zero attached hydrogens (tertiary/aromatic N) is 2. The van der Waals surface area contributed by atoms with Gasteiger partial charge in [-0.25, -0.2) is 0 Å². The molecule has 0 unspecified atom stereocenters. The first-order chi connectivity index (χ1) is 19.6. The third kappa shape index (κ3) is 6.00. The molecule has 4 nitrogen and oxygen atoms in total. The average molecular weight is 605 g/mol. The Hall–Kier alpha value is -2.22. The fraction of sp³-hybridized carbons (Fsp3) is 0.441. The summed E-state index contributed by atoms with van der Waals surface area (Å²) in [7, 11) is -1.84. The number of rotatable bonds is 8. The van der Waals surface area contributed by atoms with Gasteiger partial charge in [0.25, 0.3) is 0 Å². The summed E-state index contributed by atoms with van der Waals surface area (Å²) in [6.45, 7) is 13.9.